The number of hydrogen-bond acceptors (Lipinski definition) is 6. The van der Waals surface area contributed by atoms with Gasteiger partial charge >= 0.3 is 0 Å². The first-order valence-corrected chi connectivity index (χ1v) is 14.1. The first kappa shape index (κ1) is 30.2. The maximum Gasteiger partial charge on any atom is 0.272 e. The van der Waals surface area contributed by atoms with Crippen LogP contribution in [0.5, 0.6) is 11.5 Å². The summed E-state index contributed by atoms with van der Waals surface area (Å²) in [6.07, 6.45) is 1.52. The SMILES string of the molecule is COc1ccc(OC)c(/C=C(/NC(=O)c2ccccc2)C(=O)Nc2cccc(SCC(=O)Nc3cccc(Cl)c3)c2)c1. The summed E-state index contributed by atoms with van der Waals surface area (Å²) in [4.78, 5) is 39.7. The lowest BCUT2D eigenvalue weighted by atomic mass is 10.1. The van der Waals surface area contributed by atoms with Crippen molar-refractivity contribution in [3.63, 3.8) is 0 Å². The number of ether oxygens (including phenoxy) is 2. The minimum absolute atomic E-state index is 0.00522. The molecule has 42 heavy (non-hydrogen) atoms. The molecule has 0 saturated heterocycles. The van der Waals surface area contributed by atoms with Crippen LogP contribution >= 0.6 is 23.4 Å². The second-order valence-electron chi connectivity index (χ2n) is 8.82. The molecule has 0 aliphatic carbocycles. The molecule has 3 N–H and O–H groups in total. The maximum atomic E-state index is 13.5. The molecule has 8 nitrogen and oxygen atoms in total. The molecule has 0 unspecified atom stereocenters. The number of anilines is 2. The van der Waals surface area contributed by atoms with Crippen LogP contribution in [-0.4, -0.2) is 37.7 Å². The Morgan fingerprint density at radius 3 is 2.26 bits per heavy atom. The quantitative estimate of drug-likeness (QED) is 0.134. The Morgan fingerprint density at radius 1 is 0.810 bits per heavy atom. The van der Waals surface area contributed by atoms with Gasteiger partial charge in [-0.05, 0) is 72.8 Å². The fraction of sp³-hybridized carbons (Fsp3) is 0.0938. The summed E-state index contributed by atoms with van der Waals surface area (Å²) < 4.78 is 10.8. The molecule has 0 spiro atoms. The predicted octanol–water partition coefficient (Wildman–Crippen LogP) is 6.50. The van der Waals surface area contributed by atoms with Gasteiger partial charge in [-0.25, -0.2) is 0 Å². The molecular weight excluding hydrogens is 574 g/mol. The van der Waals surface area contributed by atoms with Crippen LogP contribution in [-0.2, 0) is 9.59 Å². The van der Waals surface area contributed by atoms with E-state index in [4.69, 9.17) is 21.1 Å². The molecule has 0 radical (unpaired) electrons. The third kappa shape index (κ3) is 8.63. The lowest BCUT2D eigenvalue weighted by molar-refractivity contribution is -0.114. The average Bonchev–Trinajstić information content (AvgIpc) is 3.00. The van der Waals surface area contributed by atoms with E-state index in [1.54, 1.807) is 91.0 Å². The van der Waals surface area contributed by atoms with E-state index in [-0.39, 0.29) is 17.4 Å². The Labute approximate surface area is 253 Å². The highest BCUT2D eigenvalue weighted by atomic mass is 35.5. The number of carbonyl (C=O) groups is 3. The molecule has 0 atom stereocenters. The van der Waals surface area contributed by atoms with E-state index in [0.29, 0.717) is 39.0 Å². The van der Waals surface area contributed by atoms with Gasteiger partial charge in [0, 0.05) is 32.4 Å². The van der Waals surface area contributed by atoms with Gasteiger partial charge in [-0.3, -0.25) is 14.4 Å². The first-order valence-electron chi connectivity index (χ1n) is 12.7. The van der Waals surface area contributed by atoms with Gasteiger partial charge in [0.15, 0.2) is 0 Å². The molecule has 0 aliphatic rings. The van der Waals surface area contributed by atoms with Crippen molar-refractivity contribution in [1.82, 2.24) is 5.32 Å². The van der Waals surface area contributed by atoms with Crippen LogP contribution in [0, 0.1) is 0 Å². The summed E-state index contributed by atoms with van der Waals surface area (Å²) in [7, 11) is 3.05. The van der Waals surface area contributed by atoms with Crippen LogP contribution in [0.3, 0.4) is 0 Å². The number of thioether (sulfide) groups is 1. The molecular formula is C32H28ClN3O5S. The summed E-state index contributed by atoms with van der Waals surface area (Å²) in [6.45, 7) is 0. The van der Waals surface area contributed by atoms with Gasteiger partial charge in [-0.15, -0.1) is 11.8 Å². The molecule has 0 heterocycles. The highest BCUT2D eigenvalue weighted by Crippen LogP contribution is 2.27. The highest BCUT2D eigenvalue weighted by Gasteiger charge is 2.17. The van der Waals surface area contributed by atoms with Gasteiger partial charge in [-0.2, -0.15) is 0 Å². The van der Waals surface area contributed by atoms with Crippen molar-refractivity contribution in [2.45, 2.75) is 4.90 Å². The smallest absolute Gasteiger partial charge is 0.272 e. The van der Waals surface area contributed by atoms with Crippen molar-refractivity contribution < 1.29 is 23.9 Å². The molecule has 0 bridgehead atoms. The molecule has 0 fully saturated rings. The third-order valence-corrected chi connectivity index (χ3v) is 7.06. The van der Waals surface area contributed by atoms with E-state index in [0.717, 1.165) is 4.90 Å². The van der Waals surface area contributed by atoms with Crippen molar-refractivity contribution in [3.05, 3.63) is 119 Å². The lowest BCUT2D eigenvalue weighted by Crippen LogP contribution is -2.30. The molecule has 0 aliphatic heterocycles. The van der Waals surface area contributed by atoms with E-state index in [9.17, 15) is 14.4 Å². The third-order valence-electron chi connectivity index (χ3n) is 5.84. The molecule has 4 aromatic carbocycles. The summed E-state index contributed by atoms with van der Waals surface area (Å²) >= 11 is 7.30. The zero-order chi connectivity index (χ0) is 29.9. The van der Waals surface area contributed by atoms with E-state index in [2.05, 4.69) is 16.0 Å². The first-order chi connectivity index (χ1) is 20.3. The molecule has 0 saturated carbocycles. The van der Waals surface area contributed by atoms with Crippen molar-refractivity contribution in [2.24, 2.45) is 0 Å². The zero-order valence-electron chi connectivity index (χ0n) is 22.8. The Hall–Kier alpha value is -4.73. The minimum atomic E-state index is -0.551. The summed E-state index contributed by atoms with van der Waals surface area (Å²) in [6, 6.07) is 27.7. The number of carbonyl (C=O) groups excluding carboxylic acids is 3. The topological polar surface area (TPSA) is 106 Å². The highest BCUT2D eigenvalue weighted by molar-refractivity contribution is 8.00. The number of halogens is 1. The molecule has 214 valence electrons. The van der Waals surface area contributed by atoms with Crippen LogP contribution in [0.2, 0.25) is 5.02 Å². The monoisotopic (exact) mass is 601 g/mol. The molecule has 10 heteroatoms. The fourth-order valence-electron chi connectivity index (χ4n) is 3.82. The number of benzene rings is 4. The van der Waals surface area contributed by atoms with Crippen LogP contribution in [0.1, 0.15) is 15.9 Å². The Morgan fingerprint density at radius 2 is 1.55 bits per heavy atom. The largest absolute Gasteiger partial charge is 0.497 e. The summed E-state index contributed by atoms with van der Waals surface area (Å²) in [5.74, 6) is -0.000759. The molecule has 4 aromatic rings. The van der Waals surface area contributed by atoms with Crippen LogP contribution in [0.15, 0.2) is 108 Å². The zero-order valence-corrected chi connectivity index (χ0v) is 24.4. The van der Waals surface area contributed by atoms with Gasteiger partial charge < -0.3 is 25.4 Å². The Balaban J connectivity index is 1.51. The van der Waals surface area contributed by atoms with Crippen LogP contribution in [0.4, 0.5) is 11.4 Å². The van der Waals surface area contributed by atoms with Gasteiger partial charge in [0.1, 0.15) is 17.2 Å². The van der Waals surface area contributed by atoms with Crippen molar-refractivity contribution in [2.75, 3.05) is 30.6 Å². The molecule has 0 aromatic heterocycles. The fourth-order valence-corrected chi connectivity index (χ4v) is 4.77. The predicted molar refractivity (Wildman–Crippen MR) is 167 cm³/mol. The van der Waals surface area contributed by atoms with Crippen LogP contribution < -0.4 is 25.4 Å². The normalized spacial score (nSPS) is 10.9. The standard InChI is InChI=1S/C32H28ClN3O5S/c1-40-26-14-15-29(41-2)22(16-26)17-28(36-31(38)21-8-4-3-5-9-21)32(39)35-25-12-7-13-27(19-25)42-20-30(37)34-24-11-6-10-23(33)18-24/h3-19H,20H2,1-2H3,(H,34,37)(H,35,39)(H,36,38)/b28-17+. The van der Waals surface area contributed by atoms with E-state index < -0.39 is 11.8 Å². The van der Waals surface area contributed by atoms with Crippen molar-refractivity contribution in [1.29, 1.82) is 0 Å². The van der Waals surface area contributed by atoms with E-state index in [1.165, 1.54) is 32.1 Å². The second-order valence-corrected chi connectivity index (χ2v) is 10.3. The van der Waals surface area contributed by atoms with Gasteiger partial charge in [0.05, 0.1) is 20.0 Å². The van der Waals surface area contributed by atoms with E-state index >= 15 is 0 Å². The van der Waals surface area contributed by atoms with Gasteiger partial charge in [-0.1, -0.05) is 41.9 Å². The maximum absolute atomic E-state index is 13.5. The number of rotatable bonds is 11. The minimum Gasteiger partial charge on any atom is -0.497 e. The Kier molecular flexibility index (Phi) is 10.6. The summed E-state index contributed by atoms with van der Waals surface area (Å²) in [5, 5.41) is 8.89. The number of hydrogen-bond donors (Lipinski definition) is 3. The average molecular weight is 602 g/mol. The molecule has 4 rings (SSSR count). The summed E-state index contributed by atoms with van der Waals surface area (Å²) in [5.41, 5.74) is 2.01. The number of amides is 3. The number of methoxy groups -OCH3 is 2. The van der Waals surface area contributed by atoms with Crippen LogP contribution in [0.25, 0.3) is 6.08 Å². The Bertz CT molecular complexity index is 1610. The van der Waals surface area contributed by atoms with Crippen molar-refractivity contribution >= 4 is 58.5 Å². The lowest BCUT2D eigenvalue weighted by Gasteiger charge is -2.13. The second kappa shape index (κ2) is 14.8. The molecule has 3 amide bonds. The van der Waals surface area contributed by atoms with Crippen molar-refractivity contribution in [3.8, 4) is 11.5 Å². The van der Waals surface area contributed by atoms with Gasteiger partial charge in [0.2, 0.25) is 5.91 Å². The van der Waals surface area contributed by atoms with Gasteiger partial charge in [0.25, 0.3) is 11.8 Å². The number of nitrogens with one attached hydrogen (secondary N) is 3. The van der Waals surface area contributed by atoms with E-state index in [1.807, 2.05) is 6.07 Å².